The fourth-order valence-corrected chi connectivity index (χ4v) is 3.67. The third-order valence-electron chi connectivity index (χ3n) is 5.48. The van der Waals surface area contributed by atoms with Crippen molar-refractivity contribution in [3.8, 4) is 0 Å². The average molecular weight is 266 g/mol. The fraction of sp³-hybridized carbons (Fsp3) is 1.00. The Morgan fingerprint density at radius 1 is 1.05 bits per heavy atom. The molecule has 19 heavy (non-hydrogen) atoms. The summed E-state index contributed by atoms with van der Waals surface area (Å²) >= 11 is 0. The third-order valence-corrected chi connectivity index (χ3v) is 5.48. The molecule has 0 aromatic heterocycles. The Labute approximate surface area is 120 Å². The van der Waals surface area contributed by atoms with Gasteiger partial charge in [-0.25, -0.2) is 0 Å². The van der Waals surface area contributed by atoms with E-state index in [4.69, 9.17) is 0 Å². The summed E-state index contributed by atoms with van der Waals surface area (Å²) in [5.41, 5.74) is 0.399. The third kappa shape index (κ3) is 3.95. The van der Waals surface area contributed by atoms with Crippen molar-refractivity contribution < 1.29 is 0 Å². The van der Waals surface area contributed by atoms with E-state index in [-0.39, 0.29) is 0 Å². The van der Waals surface area contributed by atoms with Crippen LogP contribution in [0.15, 0.2) is 0 Å². The summed E-state index contributed by atoms with van der Waals surface area (Å²) in [6.07, 6.45) is 11.1. The maximum atomic E-state index is 3.89. The summed E-state index contributed by atoms with van der Waals surface area (Å²) in [6.45, 7) is 10.9. The molecule has 112 valence electrons. The molecule has 0 radical (unpaired) electrons. The molecule has 1 unspecified atom stereocenters. The number of piperazine rings is 1. The minimum Gasteiger partial charge on any atom is -0.308 e. The van der Waals surface area contributed by atoms with Crippen LogP contribution in [0.25, 0.3) is 0 Å². The van der Waals surface area contributed by atoms with E-state index >= 15 is 0 Å². The molecule has 1 atom stereocenters. The molecule has 2 heteroatoms. The van der Waals surface area contributed by atoms with Gasteiger partial charge in [0.25, 0.3) is 0 Å². The zero-order valence-electron chi connectivity index (χ0n) is 13.4. The van der Waals surface area contributed by atoms with Crippen LogP contribution in [0.5, 0.6) is 0 Å². The van der Waals surface area contributed by atoms with Crippen LogP contribution in [-0.4, -0.2) is 36.1 Å². The highest BCUT2D eigenvalue weighted by Crippen LogP contribution is 2.38. The second-order valence-corrected chi connectivity index (χ2v) is 6.80. The Morgan fingerprint density at radius 3 is 2.37 bits per heavy atom. The van der Waals surface area contributed by atoms with Gasteiger partial charge < -0.3 is 5.32 Å². The highest BCUT2D eigenvalue weighted by Gasteiger charge is 2.42. The lowest BCUT2D eigenvalue weighted by atomic mass is 9.87. The SMILES string of the molecule is CCCCCCN1CC(CC)(CC)NCC1C1CC1. The lowest BCUT2D eigenvalue weighted by Crippen LogP contribution is -2.64. The largest absolute Gasteiger partial charge is 0.308 e. The summed E-state index contributed by atoms with van der Waals surface area (Å²) in [4.78, 5) is 2.84. The number of hydrogen-bond acceptors (Lipinski definition) is 2. The summed E-state index contributed by atoms with van der Waals surface area (Å²) < 4.78 is 0. The van der Waals surface area contributed by atoms with Crippen molar-refractivity contribution >= 4 is 0 Å². The zero-order valence-corrected chi connectivity index (χ0v) is 13.4. The molecule has 2 fully saturated rings. The van der Waals surface area contributed by atoms with Crippen LogP contribution in [0.3, 0.4) is 0 Å². The molecule has 1 aliphatic heterocycles. The lowest BCUT2D eigenvalue weighted by Gasteiger charge is -2.48. The number of unbranched alkanes of at least 4 members (excludes halogenated alkanes) is 3. The standard InChI is InChI=1S/C17H34N2/c1-4-7-8-9-12-19-14-17(5-2,6-3)18-13-16(19)15-10-11-15/h15-16,18H,4-14H2,1-3H3. The van der Waals surface area contributed by atoms with E-state index in [9.17, 15) is 0 Å². The number of nitrogens with one attached hydrogen (secondary N) is 1. The molecule has 2 rings (SSSR count). The highest BCUT2D eigenvalue weighted by atomic mass is 15.3. The van der Waals surface area contributed by atoms with Crippen LogP contribution >= 0.6 is 0 Å². The predicted octanol–water partition coefficient (Wildman–Crippen LogP) is 3.81. The Balaban J connectivity index is 1.88. The minimum atomic E-state index is 0.399. The van der Waals surface area contributed by atoms with Gasteiger partial charge >= 0.3 is 0 Å². The lowest BCUT2D eigenvalue weighted by molar-refractivity contribution is 0.0605. The fourth-order valence-electron chi connectivity index (χ4n) is 3.67. The molecule has 1 aliphatic carbocycles. The number of hydrogen-bond donors (Lipinski definition) is 1. The van der Waals surface area contributed by atoms with Gasteiger partial charge in [-0.2, -0.15) is 0 Å². The van der Waals surface area contributed by atoms with Crippen molar-refractivity contribution in [1.29, 1.82) is 0 Å². The van der Waals surface area contributed by atoms with E-state index in [2.05, 4.69) is 31.0 Å². The first-order valence-electron chi connectivity index (χ1n) is 8.73. The van der Waals surface area contributed by atoms with Gasteiger partial charge in [0.1, 0.15) is 0 Å². The van der Waals surface area contributed by atoms with Crippen LogP contribution in [0, 0.1) is 5.92 Å². The molecule has 0 aromatic rings. The molecule has 1 saturated heterocycles. The quantitative estimate of drug-likeness (QED) is 0.672. The Morgan fingerprint density at radius 2 is 1.79 bits per heavy atom. The van der Waals surface area contributed by atoms with Crippen molar-refractivity contribution in [3.63, 3.8) is 0 Å². The van der Waals surface area contributed by atoms with E-state index in [0.717, 1.165) is 12.0 Å². The monoisotopic (exact) mass is 266 g/mol. The van der Waals surface area contributed by atoms with Gasteiger partial charge in [-0.3, -0.25) is 4.90 Å². The molecule has 2 nitrogen and oxygen atoms in total. The van der Waals surface area contributed by atoms with Crippen LogP contribution in [0.4, 0.5) is 0 Å². The van der Waals surface area contributed by atoms with Crippen molar-refractivity contribution in [2.45, 2.75) is 83.7 Å². The van der Waals surface area contributed by atoms with Crippen LogP contribution < -0.4 is 5.32 Å². The molecule has 0 bridgehead atoms. The second kappa shape index (κ2) is 7.08. The van der Waals surface area contributed by atoms with E-state index < -0.39 is 0 Å². The first-order valence-corrected chi connectivity index (χ1v) is 8.73. The average Bonchev–Trinajstić information content (AvgIpc) is 3.28. The zero-order chi connectivity index (χ0) is 13.7. The van der Waals surface area contributed by atoms with Gasteiger partial charge in [-0.05, 0) is 44.6 Å². The van der Waals surface area contributed by atoms with Gasteiger partial charge in [0, 0.05) is 24.7 Å². The molecule has 1 heterocycles. The van der Waals surface area contributed by atoms with E-state index in [1.807, 2.05) is 0 Å². The van der Waals surface area contributed by atoms with Crippen LogP contribution in [0.1, 0.15) is 72.1 Å². The summed E-state index contributed by atoms with van der Waals surface area (Å²) in [5.74, 6) is 1.00. The normalized spacial score (nSPS) is 27.6. The van der Waals surface area contributed by atoms with Crippen molar-refractivity contribution in [2.24, 2.45) is 5.92 Å². The predicted molar refractivity (Wildman–Crippen MR) is 83.5 cm³/mol. The van der Waals surface area contributed by atoms with Gasteiger partial charge in [0.15, 0.2) is 0 Å². The van der Waals surface area contributed by atoms with Crippen molar-refractivity contribution in [2.75, 3.05) is 19.6 Å². The summed E-state index contributed by atoms with van der Waals surface area (Å²) in [6, 6.07) is 0.841. The van der Waals surface area contributed by atoms with Crippen LogP contribution in [-0.2, 0) is 0 Å². The molecule has 1 saturated carbocycles. The molecule has 0 amide bonds. The molecule has 2 aliphatic rings. The van der Waals surface area contributed by atoms with E-state index in [1.165, 1.54) is 71.0 Å². The molecular formula is C17H34N2. The Kier molecular flexibility index (Phi) is 5.70. The molecule has 0 spiro atoms. The van der Waals surface area contributed by atoms with Gasteiger partial charge in [0.2, 0.25) is 0 Å². The van der Waals surface area contributed by atoms with Gasteiger partial charge in [-0.15, -0.1) is 0 Å². The second-order valence-electron chi connectivity index (χ2n) is 6.80. The first-order chi connectivity index (χ1) is 9.24. The smallest absolute Gasteiger partial charge is 0.0304 e. The first kappa shape index (κ1) is 15.3. The topological polar surface area (TPSA) is 15.3 Å². The van der Waals surface area contributed by atoms with Crippen LogP contribution in [0.2, 0.25) is 0 Å². The Hall–Kier alpha value is -0.0800. The van der Waals surface area contributed by atoms with Crippen molar-refractivity contribution in [3.05, 3.63) is 0 Å². The van der Waals surface area contributed by atoms with E-state index in [0.29, 0.717) is 5.54 Å². The van der Waals surface area contributed by atoms with Gasteiger partial charge in [0.05, 0.1) is 0 Å². The summed E-state index contributed by atoms with van der Waals surface area (Å²) in [7, 11) is 0. The highest BCUT2D eigenvalue weighted by molar-refractivity contribution is 5.01. The van der Waals surface area contributed by atoms with Gasteiger partial charge in [-0.1, -0.05) is 40.0 Å². The Bertz CT molecular complexity index is 256. The maximum Gasteiger partial charge on any atom is 0.0304 e. The molecular weight excluding hydrogens is 232 g/mol. The summed E-state index contributed by atoms with van der Waals surface area (Å²) in [5, 5.41) is 3.89. The number of rotatable bonds is 8. The van der Waals surface area contributed by atoms with Crippen molar-refractivity contribution in [1.82, 2.24) is 10.2 Å². The minimum absolute atomic E-state index is 0.399. The van der Waals surface area contributed by atoms with E-state index in [1.54, 1.807) is 0 Å². The number of nitrogens with zero attached hydrogens (tertiary/aromatic N) is 1. The molecule has 1 N–H and O–H groups in total. The molecule has 0 aromatic carbocycles. The maximum absolute atomic E-state index is 3.89.